The van der Waals surface area contributed by atoms with E-state index in [2.05, 4.69) is 20.9 Å². The monoisotopic (exact) mass is 452 g/mol. The van der Waals surface area contributed by atoms with E-state index in [0.717, 1.165) is 5.69 Å². The van der Waals surface area contributed by atoms with Gasteiger partial charge in [0.2, 0.25) is 0 Å². The van der Waals surface area contributed by atoms with Gasteiger partial charge in [-0.05, 0) is 41.9 Å². The van der Waals surface area contributed by atoms with Crippen LogP contribution in [-0.2, 0) is 9.53 Å². The lowest BCUT2D eigenvalue weighted by Gasteiger charge is -2.13. The number of rotatable bonds is 8. The number of carbonyl (C=O) groups excluding carboxylic acids is 2. The van der Waals surface area contributed by atoms with Gasteiger partial charge in [0.25, 0.3) is 0 Å². The molecule has 1 atom stereocenters. The van der Waals surface area contributed by atoms with Gasteiger partial charge in [0.05, 0.1) is 29.8 Å². The number of carbonyl (C=O) groups is 2. The van der Waals surface area contributed by atoms with E-state index in [1.54, 1.807) is 19.2 Å². The molecule has 2 rings (SSSR count). The second-order valence-electron chi connectivity index (χ2n) is 5.35. The smallest absolute Gasteiger partial charge is 0.338 e. The number of esters is 1. The van der Waals surface area contributed by atoms with Crippen molar-refractivity contribution in [3.8, 4) is 17.6 Å². The van der Waals surface area contributed by atoms with Crippen molar-refractivity contribution in [1.82, 2.24) is 4.98 Å². The molecule has 0 saturated heterocycles. The molecule has 0 radical (unpaired) electrons. The summed E-state index contributed by atoms with van der Waals surface area (Å²) in [5, 5.41) is 11.4. The van der Waals surface area contributed by atoms with E-state index in [9.17, 15) is 14.9 Å². The molecule has 142 valence electrons. The summed E-state index contributed by atoms with van der Waals surface area (Å²) < 4.78 is 16.3. The van der Waals surface area contributed by atoms with Gasteiger partial charge in [-0.15, -0.1) is 11.3 Å². The molecule has 0 amide bonds. The third-order valence-corrected chi connectivity index (χ3v) is 5.05. The summed E-state index contributed by atoms with van der Waals surface area (Å²) in [6.45, 7) is 3.44. The van der Waals surface area contributed by atoms with Crippen LogP contribution < -0.4 is 9.47 Å². The molecule has 0 N–H and O–H groups in total. The molecule has 0 fully saturated rings. The molecule has 0 aliphatic carbocycles. The predicted molar refractivity (Wildman–Crippen MR) is 102 cm³/mol. The maximum atomic E-state index is 12.3. The third kappa shape index (κ3) is 5.05. The number of hydrogen-bond donors (Lipinski definition) is 0. The third-order valence-electron chi connectivity index (χ3n) is 3.43. The summed E-state index contributed by atoms with van der Waals surface area (Å²) in [4.78, 5) is 28.7. The zero-order chi connectivity index (χ0) is 20.0. The molecule has 0 bridgehead atoms. The Hall–Kier alpha value is -2.44. The van der Waals surface area contributed by atoms with Crippen molar-refractivity contribution in [2.75, 3.05) is 20.3 Å². The highest BCUT2D eigenvalue weighted by atomic mass is 79.9. The Morgan fingerprint density at radius 3 is 2.70 bits per heavy atom. The number of ether oxygens (including phenoxy) is 3. The highest BCUT2D eigenvalue weighted by Crippen LogP contribution is 2.36. The lowest BCUT2D eigenvalue weighted by Crippen LogP contribution is -2.20. The average molecular weight is 453 g/mol. The number of aryl methyl sites for hydroxylation is 1. The highest BCUT2D eigenvalue weighted by molar-refractivity contribution is 9.10. The Morgan fingerprint density at radius 2 is 2.15 bits per heavy atom. The Bertz CT molecular complexity index is 890. The van der Waals surface area contributed by atoms with E-state index >= 15 is 0 Å². The number of Topliss-reactive ketones (excluding diaryl/α,β-unsaturated/α-hetero) is 1. The Labute approximate surface area is 169 Å². The standard InChI is InChI=1S/C18H17BrN2O5S/c1-4-25-15-6-11(5-13(19)16(15)24-3)18(23)26-8-14(22)12(7-20)17-21-10(2)9-27-17/h5-6,9,12H,4,8H2,1-3H3. The second kappa shape index (κ2) is 9.48. The lowest BCUT2D eigenvalue weighted by molar-refractivity contribution is -0.122. The number of halogens is 1. The Kier molecular flexibility index (Phi) is 7.33. The fourth-order valence-corrected chi connectivity index (χ4v) is 3.68. The number of benzene rings is 1. The van der Waals surface area contributed by atoms with E-state index in [1.807, 2.05) is 6.07 Å². The molecule has 7 nitrogen and oxygen atoms in total. The zero-order valence-corrected chi connectivity index (χ0v) is 17.3. The van der Waals surface area contributed by atoms with Crippen LogP contribution in [0.15, 0.2) is 22.0 Å². The van der Waals surface area contributed by atoms with Crippen molar-refractivity contribution in [1.29, 1.82) is 5.26 Å². The molecule has 9 heteroatoms. The first-order chi connectivity index (χ1) is 12.9. The van der Waals surface area contributed by atoms with Gasteiger partial charge in [-0.2, -0.15) is 5.26 Å². The van der Waals surface area contributed by atoms with E-state index in [4.69, 9.17) is 14.2 Å². The van der Waals surface area contributed by atoms with E-state index < -0.39 is 24.3 Å². The molecule has 0 aliphatic heterocycles. The Balaban J connectivity index is 2.11. The molecule has 1 heterocycles. The van der Waals surface area contributed by atoms with Crippen LogP contribution in [0.3, 0.4) is 0 Å². The number of hydrogen-bond acceptors (Lipinski definition) is 8. The predicted octanol–water partition coefficient (Wildman–Crippen LogP) is 3.65. The van der Waals surface area contributed by atoms with Crippen LogP contribution >= 0.6 is 27.3 Å². The van der Waals surface area contributed by atoms with Crippen LogP contribution in [0, 0.1) is 18.3 Å². The van der Waals surface area contributed by atoms with Crippen LogP contribution in [0.1, 0.15) is 33.9 Å². The normalized spacial score (nSPS) is 11.4. The number of aromatic nitrogens is 1. The van der Waals surface area contributed by atoms with Crippen LogP contribution in [0.2, 0.25) is 0 Å². The van der Waals surface area contributed by atoms with Crippen molar-refractivity contribution in [2.45, 2.75) is 19.8 Å². The number of ketones is 1. The fraction of sp³-hybridized carbons (Fsp3) is 0.333. The Morgan fingerprint density at radius 1 is 1.41 bits per heavy atom. The van der Waals surface area contributed by atoms with Crippen LogP contribution in [0.4, 0.5) is 0 Å². The van der Waals surface area contributed by atoms with Crippen molar-refractivity contribution >= 4 is 39.0 Å². The van der Waals surface area contributed by atoms with Gasteiger partial charge in [0.15, 0.2) is 29.8 Å². The molecule has 1 aromatic carbocycles. The summed E-state index contributed by atoms with van der Waals surface area (Å²) in [5.41, 5.74) is 0.920. The summed E-state index contributed by atoms with van der Waals surface area (Å²) >= 11 is 4.54. The SMILES string of the molecule is CCOc1cc(C(=O)OCC(=O)C(C#N)c2nc(C)cs2)cc(Br)c1OC. The van der Waals surface area contributed by atoms with Crippen LogP contribution in [0.5, 0.6) is 11.5 Å². The lowest BCUT2D eigenvalue weighted by atomic mass is 10.1. The van der Waals surface area contributed by atoms with Crippen LogP contribution in [0.25, 0.3) is 0 Å². The van der Waals surface area contributed by atoms with Gasteiger partial charge < -0.3 is 14.2 Å². The summed E-state index contributed by atoms with van der Waals surface area (Å²) in [6.07, 6.45) is 0. The molecule has 0 aliphatic rings. The number of nitrogens with zero attached hydrogens (tertiary/aromatic N) is 2. The highest BCUT2D eigenvalue weighted by Gasteiger charge is 2.25. The number of nitriles is 1. The molecule has 27 heavy (non-hydrogen) atoms. The minimum atomic E-state index is -1.06. The molecule has 0 saturated carbocycles. The van der Waals surface area contributed by atoms with Gasteiger partial charge in [0, 0.05) is 11.1 Å². The van der Waals surface area contributed by atoms with Gasteiger partial charge in [-0.1, -0.05) is 0 Å². The molecule has 2 aromatic rings. The summed E-state index contributed by atoms with van der Waals surface area (Å²) in [7, 11) is 1.49. The van der Waals surface area contributed by atoms with Gasteiger partial charge in [-0.3, -0.25) is 4.79 Å². The minimum absolute atomic E-state index is 0.192. The maximum absolute atomic E-state index is 12.3. The first-order valence-corrected chi connectivity index (χ1v) is 9.60. The number of thiazole rings is 1. The van der Waals surface area contributed by atoms with Crippen molar-refractivity contribution in [3.05, 3.63) is 38.3 Å². The van der Waals surface area contributed by atoms with Crippen LogP contribution in [-0.4, -0.2) is 37.1 Å². The van der Waals surface area contributed by atoms with Gasteiger partial charge in [0.1, 0.15) is 5.01 Å². The summed E-state index contributed by atoms with van der Waals surface area (Å²) in [5.74, 6) is -1.47. The molecule has 1 unspecified atom stereocenters. The van der Waals surface area contributed by atoms with Gasteiger partial charge in [-0.25, -0.2) is 9.78 Å². The average Bonchev–Trinajstić information content (AvgIpc) is 3.06. The fourth-order valence-electron chi connectivity index (χ4n) is 2.22. The van der Waals surface area contributed by atoms with Crippen molar-refractivity contribution < 1.29 is 23.8 Å². The molecular formula is C18H17BrN2O5S. The molecule has 1 aromatic heterocycles. The second-order valence-corrected chi connectivity index (χ2v) is 7.10. The van der Waals surface area contributed by atoms with E-state index in [1.165, 1.54) is 30.6 Å². The maximum Gasteiger partial charge on any atom is 0.338 e. The van der Waals surface area contributed by atoms with E-state index in [0.29, 0.717) is 27.6 Å². The zero-order valence-electron chi connectivity index (χ0n) is 14.9. The quantitative estimate of drug-likeness (QED) is 0.563. The molecular weight excluding hydrogens is 436 g/mol. The molecule has 0 spiro atoms. The summed E-state index contributed by atoms with van der Waals surface area (Å²) in [6, 6.07) is 4.90. The number of methoxy groups -OCH3 is 1. The first-order valence-electron chi connectivity index (χ1n) is 7.93. The van der Waals surface area contributed by atoms with Crippen molar-refractivity contribution in [3.63, 3.8) is 0 Å². The minimum Gasteiger partial charge on any atom is -0.492 e. The topological polar surface area (TPSA) is 98.5 Å². The first kappa shape index (κ1) is 20.9. The van der Waals surface area contributed by atoms with E-state index in [-0.39, 0.29) is 5.56 Å². The van der Waals surface area contributed by atoms with Crippen molar-refractivity contribution in [2.24, 2.45) is 0 Å². The van der Waals surface area contributed by atoms with Gasteiger partial charge >= 0.3 is 5.97 Å². The largest absolute Gasteiger partial charge is 0.492 e.